The molecule has 2 aromatic rings. The molecule has 2 rings (SSSR count). The fourth-order valence-electron chi connectivity index (χ4n) is 2.26. The van der Waals surface area contributed by atoms with Gasteiger partial charge in [0.05, 0.1) is 21.1 Å². The largest absolute Gasteiger partial charge is 0.478 e. The summed E-state index contributed by atoms with van der Waals surface area (Å²) in [6.45, 7) is 1.35. The number of nitro groups is 1. The number of benzene rings is 2. The van der Waals surface area contributed by atoms with Gasteiger partial charge in [-0.25, -0.2) is 13.2 Å². The number of hydrogen-bond donors (Lipinski definition) is 1. The van der Waals surface area contributed by atoms with Gasteiger partial charge in [0, 0.05) is 12.6 Å². The number of hydrogen-bond acceptors (Lipinski definition) is 5. The number of sulfonamides is 1. The first kappa shape index (κ1) is 18.3. The molecule has 0 unspecified atom stereocenters. The predicted molar refractivity (Wildman–Crippen MR) is 86.7 cm³/mol. The molecular formula is C15H13FN2O6S. The van der Waals surface area contributed by atoms with Gasteiger partial charge >= 0.3 is 11.7 Å². The maximum absolute atomic E-state index is 13.5. The molecule has 2 aromatic carbocycles. The minimum atomic E-state index is -4.33. The van der Waals surface area contributed by atoms with Crippen molar-refractivity contribution >= 4 is 27.4 Å². The minimum Gasteiger partial charge on any atom is -0.478 e. The van der Waals surface area contributed by atoms with Crippen LogP contribution in [0.4, 0.5) is 15.8 Å². The van der Waals surface area contributed by atoms with Gasteiger partial charge in [0.2, 0.25) is 5.82 Å². The van der Waals surface area contributed by atoms with Crippen LogP contribution in [0, 0.1) is 15.9 Å². The van der Waals surface area contributed by atoms with Crippen molar-refractivity contribution in [2.24, 2.45) is 0 Å². The first-order valence-corrected chi connectivity index (χ1v) is 8.43. The monoisotopic (exact) mass is 368 g/mol. The number of halogens is 1. The lowest BCUT2D eigenvalue weighted by atomic mass is 10.2. The molecule has 0 fully saturated rings. The van der Waals surface area contributed by atoms with Crippen LogP contribution in [0.25, 0.3) is 0 Å². The molecule has 10 heteroatoms. The molecule has 0 atom stereocenters. The fourth-order valence-corrected chi connectivity index (χ4v) is 3.77. The van der Waals surface area contributed by atoms with E-state index in [4.69, 9.17) is 0 Å². The standard InChI is InChI=1S/C15H13FN2O6S/c1-2-17(13-6-4-3-5-11(13)15(19)20)25(23,24)10-7-8-12(16)14(9-10)18(21)22/h3-9H,2H2,1H3,(H,19,20). The van der Waals surface area contributed by atoms with Crippen molar-refractivity contribution in [2.45, 2.75) is 11.8 Å². The van der Waals surface area contributed by atoms with Gasteiger partial charge in [-0.15, -0.1) is 0 Å². The van der Waals surface area contributed by atoms with Crippen LogP contribution in [0.15, 0.2) is 47.4 Å². The summed E-state index contributed by atoms with van der Waals surface area (Å²) >= 11 is 0. The topological polar surface area (TPSA) is 118 Å². The second-order valence-electron chi connectivity index (χ2n) is 4.86. The highest BCUT2D eigenvalue weighted by Crippen LogP contribution is 2.29. The lowest BCUT2D eigenvalue weighted by molar-refractivity contribution is -0.387. The Hall–Kier alpha value is -3.01. The third-order valence-electron chi connectivity index (χ3n) is 3.39. The second kappa shape index (κ2) is 6.85. The maximum atomic E-state index is 13.5. The van der Waals surface area contributed by atoms with Gasteiger partial charge < -0.3 is 5.11 Å². The maximum Gasteiger partial charge on any atom is 0.337 e. The Kier molecular flexibility index (Phi) is 5.02. The highest BCUT2D eigenvalue weighted by molar-refractivity contribution is 7.92. The zero-order chi connectivity index (χ0) is 18.8. The summed E-state index contributed by atoms with van der Waals surface area (Å²) in [5.41, 5.74) is -1.32. The average Bonchev–Trinajstić information content (AvgIpc) is 2.55. The Balaban J connectivity index is 2.64. The zero-order valence-electron chi connectivity index (χ0n) is 12.9. The van der Waals surface area contributed by atoms with Gasteiger partial charge in [0.1, 0.15) is 0 Å². The molecule has 0 radical (unpaired) electrons. The fraction of sp³-hybridized carbons (Fsp3) is 0.133. The van der Waals surface area contributed by atoms with Crippen LogP contribution in [0.3, 0.4) is 0 Å². The Bertz CT molecular complexity index is 945. The van der Waals surface area contributed by atoms with Crippen LogP contribution >= 0.6 is 0 Å². The molecule has 1 N–H and O–H groups in total. The molecule has 0 aliphatic carbocycles. The van der Waals surface area contributed by atoms with Crippen LogP contribution in [-0.4, -0.2) is 31.0 Å². The number of para-hydroxylation sites is 1. The Morgan fingerprint density at radius 1 is 1.28 bits per heavy atom. The Labute approximate surface area is 142 Å². The molecule has 0 spiro atoms. The summed E-state index contributed by atoms with van der Waals surface area (Å²) in [6.07, 6.45) is 0. The number of aromatic carboxylic acids is 1. The van der Waals surface area contributed by atoms with E-state index in [1.54, 1.807) is 0 Å². The van der Waals surface area contributed by atoms with Crippen molar-refractivity contribution in [3.8, 4) is 0 Å². The van der Waals surface area contributed by atoms with Gasteiger partial charge in [-0.05, 0) is 31.2 Å². The van der Waals surface area contributed by atoms with Crippen molar-refractivity contribution in [3.05, 3.63) is 64.0 Å². The van der Waals surface area contributed by atoms with Crippen LogP contribution in [0.1, 0.15) is 17.3 Å². The quantitative estimate of drug-likeness (QED) is 0.618. The third kappa shape index (κ3) is 3.43. The van der Waals surface area contributed by atoms with E-state index in [0.717, 1.165) is 10.4 Å². The first-order valence-electron chi connectivity index (χ1n) is 6.99. The molecule has 0 aliphatic heterocycles. The van der Waals surface area contributed by atoms with Gasteiger partial charge in [-0.3, -0.25) is 14.4 Å². The van der Waals surface area contributed by atoms with E-state index in [0.29, 0.717) is 12.1 Å². The molecule has 8 nitrogen and oxygen atoms in total. The Morgan fingerprint density at radius 3 is 2.48 bits per heavy atom. The summed E-state index contributed by atoms with van der Waals surface area (Å²) in [4.78, 5) is 20.6. The van der Waals surface area contributed by atoms with E-state index in [-0.39, 0.29) is 17.8 Å². The molecule has 0 amide bonds. The van der Waals surface area contributed by atoms with Crippen LogP contribution in [0.2, 0.25) is 0 Å². The van der Waals surface area contributed by atoms with E-state index in [9.17, 15) is 32.8 Å². The van der Waals surface area contributed by atoms with Gasteiger partial charge in [-0.1, -0.05) is 12.1 Å². The van der Waals surface area contributed by atoms with Crippen molar-refractivity contribution < 1.29 is 27.6 Å². The van der Waals surface area contributed by atoms with Crippen molar-refractivity contribution in [1.82, 2.24) is 0 Å². The number of carboxylic acids is 1. The van der Waals surface area contributed by atoms with Crippen LogP contribution < -0.4 is 4.31 Å². The summed E-state index contributed by atoms with van der Waals surface area (Å²) in [6, 6.07) is 7.64. The SMILES string of the molecule is CCN(c1ccccc1C(=O)O)S(=O)(=O)c1ccc(F)c([N+](=O)[O-])c1. The average molecular weight is 368 g/mol. The summed E-state index contributed by atoms with van der Waals surface area (Å²) < 4.78 is 39.9. The normalized spacial score (nSPS) is 11.1. The highest BCUT2D eigenvalue weighted by atomic mass is 32.2. The van der Waals surface area contributed by atoms with Crippen LogP contribution in [0.5, 0.6) is 0 Å². The summed E-state index contributed by atoms with van der Waals surface area (Å²) in [5, 5.41) is 20.1. The second-order valence-corrected chi connectivity index (χ2v) is 6.72. The molecular weight excluding hydrogens is 355 g/mol. The number of nitro benzene ring substituents is 1. The van der Waals surface area contributed by atoms with Crippen molar-refractivity contribution in [3.63, 3.8) is 0 Å². The van der Waals surface area contributed by atoms with Crippen LogP contribution in [-0.2, 0) is 10.0 Å². The molecule has 0 bridgehead atoms. The number of rotatable bonds is 6. The van der Waals surface area contributed by atoms with Crippen molar-refractivity contribution in [2.75, 3.05) is 10.8 Å². The molecule has 0 aliphatic rings. The van der Waals surface area contributed by atoms with E-state index in [1.165, 1.54) is 31.2 Å². The molecule has 132 valence electrons. The molecule has 0 heterocycles. The van der Waals surface area contributed by atoms with E-state index in [2.05, 4.69) is 0 Å². The van der Waals surface area contributed by atoms with Gasteiger partial charge in [-0.2, -0.15) is 4.39 Å². The minimum absolute atomic E-state index is 0.0931. The van der Waals surface area contributed by atoms with Crippen molar-refractivity contribution in [1.29, 1.82) is 0 Å². The summed E-state index contributed by atoms with van der Waals surface area (Å²) in [5.74, 6) is -2.49. The zero-order valence-corrected chi connectivity index (χ0v) is 13.7. The van der Waals surface area contributed by atoms with Gasteiger partial charge in [0.15, 0.2) is 0 Å². The van der Waals surface area contributed by atoms with E-state index < -0.39 is 37.3 Å². The molecule has 0 aromatic heterocycles. The Morgan fingerprint density at radius 2 is 1.92 bits per heavy atom. The predicted octanol–water partition coefficient (Wildman–Crippen LogP) is 2.65. The smallest absolute Gasteiger partial charge is 0.337 e. The number of nitrogens with zero attached hydrogens (tertiary/aromatic N) is 2. The number of anilines is 1. The molecule has 0 saturated carbocycles. The van der Waals surface area contributed by atoms with E-state index >= 15 is 0 Å². The first-order chi connectivity index (χ1) is 11.7. The molecule has 25 heavy (non-hydrogen) atoms. The molecule has 0 saturated heterocycles. The van der Waals surface area contributed by atoms with E-state index in [1.807, 2.05) is 0 Å². The van der Waals surface area contributed by atoms with Gasteiger partial charge in [0.25, 0.3) is 10.0 Å². The summed E-state index contributed by atoms with van der Waals surface area (Å²) in [7, 11) is -4.33. The third-order valence-corrected chi connectivity index (χ3v) is 5.28. The number of carboxylic acid groups (broad SMARTS) is 1. The lowest BCUT2D eigenvalue weighted by Gasteiger charge is -2.24. The number of carbonyl (C=O) groups is 1. The highest BCUT2D eigenvalue weighted by Gasteiger charge is 2.29. The lowest BCUT2D eigenvalue weighted by Crippen LogP contribution is -2.32.